The SMILES string of the molecule is Cc1cc(F)ccc1C(=O)NC1C2(C)CCC(C2)C1(C)C. The van der Waals surface area contributed by atoms with Crippen LogP contribution in [0.4, 0.5) is 4.39 Å². The van der Waals surface area contributed by atoms with Gasteiger partial charge in [0.05, 0.1) is 0 Å². The molecule has 3 heteroatoms. The lowest BCUT2D eigenvalue weighted by Gasteiger charge is -2.43. The molecule has 2 nitrogen and oxygen atoms in total. The lowest BCUT2D eigenvalue weighted by atomic mass is 9.68. The normalized spacial score (nSPS) is 33.2. The van der Waals surface area contributed by atoms with Crippen molar-refractivity contribution in [3.05, 3.63) is 35.1 Å². The van der Waals surface area contributed by atoms with Crippen LogP contribution in [0.5, 0.6) is 0 Å². The van der Waals surface area contributed by atoms with E-state index in [0.29, 0.717) is 17.0 Å². The Hall–Kier alpha value is -1.38. The number of hydrogen-bond acceptors (Lipinski definition) is 1. The number of hydrogen-bond donors (Lipinski definition) is 1. The summed E-state index contributed by atoms with van der Waals surface area (Å²) in [5.41, 5.74) is 1.62. The molecule has 0 aromatic heterocycles. The summed E-state index contributed by atoms with van der Waals surface area (Å²) in [6.07, 6.45) is 3.66. The minimum Gasteiger partial charge on any atom is -0.348 e. The molecular weight excluding hydrogens is 265 g/mol. The molecule has 114 valence electrons. The first kappa shape index (κ1) is 14.6. The van der Waals surface area contributed by atoms with Crippen LogP contribution in [0.1, 0.15) is 56.0 Å². The number of rotatable bonds is 2. The summed E-state index contributed by atoms with van der Waals surface area (Å²) >= 11 is 0. The minimum absolute atomic E-state index is 0.0700. The molecule has 2 fully saturated rings. The zero-order valence-electron chi connectivity index (χ0n) is 13.3. The van der Waals surface area contributed by atoms with Crippen molar-refractivity contribution in [1.29, 1.82) is 0 Å². The van der Waals surface area contributed by atoms with Gasteiger partial charge in [0.15, 0.2) is 0 Å². The van der Waals surface area contributed by atoms with Crippen molar-refractivity contribution >= 4 is 5.91 Å². The maximum absolute atomic E-state index is 13.2. The molecule has 1 amide bonds. The van der Waals surface area contributed by atoms with Crippen molar-refractivity contribution in [3.63, 3.8) is 0 Å². The molecule has 3 atom stereocenters. The van der Waals surface area contributed by atoms with Crippen molar-refractivity contribution < 1.29 is 9.18 Å². The number of carbonyl (C=O) groups is 1. The average molecular weight is 289 g/mol. The number of nitrogens with one attached hydrogen (secondary N) is 1. The predicted octanol–water partition coefficient (Wildman–Crippen LogP) is 4.08. The van der Waals surface area contributed by atoms with Gasteiger partial charge in [-0.2, -0.15) is 0 Å². The highest BCUT2D eigenvalue weighted by Gasteiger charge is 2.59. The Labute approximate surface area is 126 Å². The number of halogens is 1. The number of fused-ring (bicyclic) bond motifs is 2. The largest absolute Gasteiger partial charge is 0.348 e. The monoisotopic (exact) mass is 289 g/mol. The Kier molecular flexibility index (Phi) is 3.16. The van der Waals surface area contributed by atoms with E-state index < -0.39 is 0 Å². The fourth-order valence-electron chi connectivity index (χ4n) is 4.75. The van der Waals surface area contributed by atoms with Crippen LogP contribution in [-0.2, 0) is 0 Å². The lowest BCUT2D eigenvalue weighted by Crippen LogP contribution is -2.52. The van der Waals surface area contributed by atoms with Gasteiger partial charge in [0.1, 0.15) is 5.82 Å². The van der Waals surface area contributed by atoms with Gasteiger partial charge in [-0.05, 0) is 66.7 Å². The Morgan fingerprint density at radius 3 is 2.62 bits per heavy atom. The predicted molar refractivity (Wildman–Crippen MR) is 81.6 cm³/mol. The van der Waals surface area contributed by atoms with E-state index in [1.807, 2.05) is 0 Å². The lowest BCUT2D eigenvalue weighted by molar-refractivity contribution is 0.0737. The second kappa shape index (κ2) is 4.56. The Morgan fingerprint density at radius 2 is 2.05 bits per heavy atom. The third-order valence-corrected chi connectivity index (χ3v) is 5.98. The van der Waals surface area contributed by atoms with Gasteiger partial charge in [-0.15, -0.1) is 0 Å². The Bertz CT molecular complexity index is 590. The summed E-state index contributed by atoms with van der Waals surface area (Å²) in [6, 6.07) is 4.56. The number of benzene rings is 1. The topological polar surface area (TPSA) is 29.1 Å². The third kappa shape index (κ3) is 2.18. The van der Waals surface area contributed by atoms with Crippen molar-refractivity contribution in [2.75, 3.05) is 0 Å². The molecule has 0 saturated heterocycles. The average Bonchev–Trinajstić information content (AvgIpc) is 2.85. The van der Waals surface area contributed by atoms with Crippen molar-refractivity contribution in [2.45, 2.75) is 53.0 Å². The van der Waals surface area contributed by atoms with Gasteiger partial charge in [0.2, 0.25) is 0 Å². The summed E-state index contributed by atoms with van der Waals surface area (Å²) in [6.45, 7) is 8.62. The number of amides is 1. The molecule has 1 aromatic carbocycles. The fourth-order valence-corrected chi connectivity index (χ4v) is 4.75. The zero-order valence-corrected chi connectivity index (χ0v) is 13.3. The molecule has 0 heterocycles. The van der Waals surface area contributed by atoms with Crippen LogP contribution in [0.3, 0.4) is 0 Å². The van der Waals surface area contributed by atoms with E-state index >= 15 is 0 Å². The van der Waals surface area contributed by atoms with E-state index in [9.17, 15) is 9.18 Å². The highest BCUT2D eigenvalue weighted by atomic mass is 19.1. The smallest absolute Gasteiger partial charge is 0.251 e. The van der Waals surface area contributed by atoms with Crippen molar-refractivity contribution in [1.82, 2.24) is 5.32 Å². The maximum Gasteiger partial charge on any atom is 0.251 e. The molecule has 1 N–H and O–H groups in total. The molecule has 2 bridgehead atoms. The summed E-state index contributed by atoms with van der Waals surface area (Å²) in [7, 11) is 0. The molecule has 0 aliphatic heterocycles. The molecular formula is C18H24FNO. The van der Waals surface area contributed by atoms with Gasteiger partial charge in [0.25, 0.3) is 5.91 Å². The molecule has 0 radical (unpaired) electrons. The second-order valence-electron chi connectivity index (χ2n) is 7.78. The molecule has 3 unspecified atom stereocenters. The van der Waals surface area contributed by atoms with Crippen molar-refractivity contribution in [3.8, 4) is 0 Å². The van der Waals surface area contributed by atoms with Crippen LogP contribution < -0.4 is 5.32 Å². The Balaban J connectivity index is 1.85. The standard InChI is InChI=1S/C18H24FNO/c1-11-9-13(19)5-6-14(11)15(21)20-16-17(2,3)12-7-8-18(16,4)10-12/h5-6,9,12,16H,7-8,10H2,1-4H3,(H,20,21). The van der Waals surface area contributed by atoms with E-state index in [0.717, 1.165) is 0 Å². The van der Waals surface area contributed by atoms with E-state index in [1.54, 1.807) is 13.0 Å². The Morgan fingerprint density at radius 1 is 1.33 bits per heavy atom. The first-order valence-electron chi connectivity index (χ1n) is 7.81. The molecule has 1 aromatic rings. The van der Waals surface area contributed by atoms with E-state index in [-0.39, 0.29) is 28.6 Å². The number of carbonyl (C=O) groups excluding carboxylic acids is 1. The maximum atomic E-state index is 13.2. The van der Waals surface area contributed by atoms with Gasteiger partial charge in [-0.1, -0.05) is 20.8 Å². The molecule has 2 aliphatic carbocycles. The molecule has 21 heavy (non-hydrogen) atoms. The highest BCUT2D eigenvalue weighted by molar-refractivity contribution is 5.95. The van der Waals surface area contributed by atoms with Crippen LogP contribution >= 0.6 is 0 Å². The van der Waals surface area contributed by atoms with E-state index in [2.05, 4.69) is 26.1 Å². The van der Waals surface area contributed by atoms with E-state index in [1.165, 1.54) is 31.4 Å². The summed E-state index contributed by atoms with van der Waals surface area (Å²) in [5, 5.41) is 3.26. The highest BCUT2D eigenvalue weighted by Crippen LogP contribution is 2.62. The van der Waals surface area contributed by atoms with Gasteiger partial charge in [-0.25, -0.2) is 4.39 Å². The molecule has 2 aliphatic rings. The second-order valence-corrected chi connectivity index (χ2v) is 7.78. The van der Waals surface area contributed by atoms with Crippen LogP contribution in [0.15, 0.2) is 18.2 Å². The van der Waals surface area contributed by atoms with Gasteiger partial charge >= 0.3 is 0 Å². The fraction of sp³-hybridized carbons (Fsp3) is 0.611. The first-order valence-corrected chi connectivity index (χ1v) is 7.81. The first-order chi connectivity index (χ1) is 9.74. The number of aryl methyl sites for hydroxylation is 1. The van der Waals surface area contributed by atoms with Crippen LogP contribution in [-0.4, -0.2) is 11.9 Å². The molecule has 2 saturated carbocycles. The summed E-state index contributed by atoms with van der Waals surface area (Å²) < 4.78 is 13.2. The van der Waals surface area contributed by atoms with E-state index in [4.69, 9.17) is 0 Å². The molecule has 0 spiro atoms. The molecule has 3 rings (SSSR count). The summed E-state index contributed by atoms with van der Waals surface area (Å²) in [5.74, 6) is 0.331. The van der Waals surface area contributed by atoms with Crippen molar-refractivity contribution in [2.24, 2.45) is 16.7 Å². The quantitative estimate of drug-likeness (QED) is 0.873. The van der Waals surface area contributed by atoms with Gasteiger partial charge in [-0.3, -0.25) is 4.79 Å². The summed E-state index contributed by atoms with van der Waals surface area (Å²) in [4.78, 5) is 12.6. The van der Waals surface area contributed by atoms with Crippen LogP contribution in [0.25, 0.3) is 0 Å². The van der Waals surface area contributed by atoms with Crippen LogP contribution in [0, 0.1) is 29.5 Å². The van der Waals surface area contributed by atoms with Gasteiger partial charge < -0.3 is 5.32 Å². The zero-order chi connectivity index (χ0) is 15.4. The van der Waals surface area contributed by atoms with Crippen LogP contribution in [0.2, 0.25) is 0 Å². The third-order valence-electron chi connectivity index (χ3n) is 5.98. The minimum atomic E-state index is -0.295. The van der Waals surface area contributed by atoms with Gasteiger partial charge in [0, 0.05) is 11.6 Å².